The molecule has 1 aliphatic rings. The Morgan fingerprint density at radius 3 is 2.10 bits per heavy atom. The van der Waals surface area contributed by atoms with Crippen LogP contribution in [0, 0.1) is 13.8 Å². The minimum Gasteiger partial charge on any atom is -0.295 e. The van der Waals surface area contributed by atoms with Crippen molar-refractivity contribution < 1.29 is 4.79 Å². The Bertz CT molecular complexity index is 1230. The van der Waals surface area contributed by atoms with Crippen molar-refractivity contribution in [2.24, 2.45) is 0 Å². The third kappa shape index (κ3) is 3.01. The maximum absolute atomic E-state index is 13.5. The van der Waals surface area contributed by atoms with Gasteiger partial charge < -0.3 is 0 Å². The van der Waals surface area contributed by atoms with Crippen molar-refractivity contribution in [1.29, 1.82) is 0 Å². The molecule has 148 valence electrons. The zero-order valence-corrected chi connectivity index (χ0v) is 17.4. The van der Waals surface area contributed by atoms with Gasteiger partial charge >= 0.3 is 0 Å². The van der Waals surface area contributed by atoms with Gasteiger partial charge in [-0.2, -0.15) is 5.10 Å². The van der Waals surface area contributed by atoms with Crippen LogP contribution >= 0.6 is 11.6 Å². The van der Waals surface area contributed by atoms with Crippen LogP contribution in [0.4, 0.5) is 5.69 Å². The minimum absolute atomic E-state index is 0.0937. The number of aromatic amines is 1. The van der Waals surface area contributed by atoms with Crippen LogP contribution in [0.25, 0.3) is 11.3 Å². The summed E-state index contributed by atoms with van der Waals surface area (Å²) in [6.07, 6.45) is 0. The van der Waals surface area contributed by atoms with E-state index in [0.717, 1.165) is 28.1 Å². The van der Waals surface area contributed by atoms with E-state index in [9.17, 15) is 4.79 Å². The van der Waals surface area contributed by atoms with Crippen molar-refractivity contribution in [3.63, 3.8) is 0 Å². The molecule has 0 radical (unpaired) electrons. The Morgan fingerprint density at radius 1 is 0.867 bits per heavy atom. The van der Waals surface area contributed by atoms with Crippen LogP contribution in [0.2, 0.25) is 5.02 Å². The molecule has 1 atom stereocenters. The first kappa shape index (κ1) is 18.6. The van der Waals surface area contributed by atoms with Gasteiger partial charge in [0.1, 0.15) is 5.69 Å². The van der Waals surface area contributed by atoms with E-state index in [2.05, 4.69) is 60.4 Å². The van der Waals surface area contributed by atoms with Gasteiger partial charge in [-0.1, -0.05) is 71.3 Å². The van der Waals surface area contributed by atoms with Gasteiger partial charge in [0.25, 0.3) is 5.91 Å². The van der Waals surface area contributed by atoms with Gasteiger partial charge in [0, 0.05) is 21.8 Å². The molecule has 5 heteroatoms. The predicted octanol–water partition coefficient (Wildman–Crippen LogP) is 6.10. The van der Waals surface area contributed by atoms with Crippen molar-refractivity contribution in [1.82, 2.24) is 10.2 Å². The topological polar surface area (TPSA) is 49.0 Å². The zero-order valence-electron chi connectivity index (χ0n) is 16.7. The molecule has 0 aliphatic carbocycles. The third-order valence-corrected chi connectivity index (χ3v) is 5.84. The third-order valence-electron chi connectivity index (χ3n) is 5.59. The summed E-state index contributed by atoms with van der Waals surface area (Å²) in [6.45, 7) is 4.11. The molecule has 4 aromatic rings. The number of hydrogen-bond acceptors (Lipinski definition) is 2. The number of nitrogens with one attached hydrogen (secondary N) is 1. The van der Waals surface area contributed by atoms with Crippen LogP contribution < -0.4 is 4.90 Å². The highest BCUT2D eigenvalue weighted by Crippen LogP contribution is 2.45. The van der Waals surface area contributed by atoms with Crippen molar-refractivity contribution in [2.75, 3.05) is 4.90 Å². The Balaban J connectivity index is 1.71. The van der Waals surface area contributed by atoms with Crippen LogP contribution in [0.1, 0.15) is 38.8 Å². The molecule has 5 rings (SSSR count). The summed E-state index contributed by atoms with van der Waals surface area (Å²) in [7, 11) is 0. The molecule has 0 unspecified atom stereocenters. The summed E-state index contributed by atoms with van der Waals surface area (Å²) in [5.74, 6) is -0.0937. The Hall–Kier alpha value is -3.37. The van der Waals surface area contributed by atoms with E-state index in [1.54, 1.807) is 0 Å². The molecule has 0 saturated carbocycles. The quantitative estimate of drug-likeness (QED) is 0.441. The second kappa shape index (κ2) is 7.15. The number of aromatic nitrogens is 2. The molecule has 1 aromatic heterocycles. The molecule has 0 bridgehead atoms. The first-order valence-corrected chi connectivity index (χ1v) is 10.2. The average Bonchev–Trinajstić information content (AvgIpc) is 3.29. The predicted molar refractivity (Wildman–Crippen MR) is 120 cm³/mol. The lowest BCUT2D eigenvalue weighted by molar-refractivity contribution is 0.0989. The zero-order chi connectivity index (χ0) is 20.8. The lowest BCUT2D eigenvalue weighted by Gasteiger charge is -2.26. The molecule has 0 saturated heterocycles. The maximum Gasteiger partial charge on any atom is 0.277 e. The molecular weight excluding hydrogens is 394 g/mol. The van der Waals surface area contributed by atoms with Crippen LogP contribution in [0.5, 0.6) is 0 Å². The highest BCUT2D eigenvalue weighted by atomic mass is 35.5. The highest BCUT2D eigenvalue weighted by molar-refractivity contribution is 6.30. The SMILES string of the molecule is Cc1ccc(-c2n[nH]c3c2[C@H](c2ccc(C)cc2)N(c2ccc(Cl)cc2)C3=O)cc1. The Morgan fingerprint density at radius 2 is 1.47 bits per heavy atom. The van der Waals surface area contributed by atoms with Gasteiger partial charge in [-0.05, 0) is 43.7 Å². The molecule has 1 N–H and O–H groups in total. The van der Waals surface area contributed by atoms with Crippen LogP contribution in [0.15, 0.2) is 72.8 Å². The number of benzene rings is 3. The number of fused-ring (bicyclic) bond motifs is 1. The second-order valence-corrected chi connectivity index (χ2v) is 8.13. The number of carbonyl (C=O) groups is 1. The van der Waals surface area contributed by atoms with E-state index in [-0.39, 0.29) is 11.9 Å². The normalized spacial score (nSPS) is 15.5. The molecule has 2 heterocycles. The van der Waals surface area contributed by atoms with E-state index in [1.807, 2.05) is 41.3 Å². The van der Waals surface area contributed by atoms with Crippen molar-refractivity contribution in [2.45, 2.75) is 19.9 Å². The van der Waals surface area contributed by atoms with Crippen molar-refractivity contribution >= 4 is 23.2 Å². The van der Waals surface area contributed by atoms with E-state index < -0.39 is 0 Å². The monoisotopic (exact) mass is 413 g/mol. The number of halogens is 1. The number of hydrogen-bond donors (Lipinski definition) is 1. The van der Waals surface area contributed by atoms with Crippen LogP contribution in [-0.4, -0.2) is 16.1 Å². The van der Waals surface area contributed by atoms with Crippen LogP contribution in [0.3, 0.4) is 0 Å². The molecular formula is C25H20ClN3O. The highest BCUT2D eigenvalue weighted by Gasteiger charge is 2.43. The molecule has 1 aliphatic heterocycles. The van der Waals surface area contributed by atoms with Gasteiger partial charge in [-0.3, -0.25) is 14.8 Å². The summed E-state index contributed by atoms with van der Waals surface area (Å²) in [4.78, 5) is 15.3. The molecule has 1 amide bonds. The van der Waals surface area contributed by atoms with Crippen molar-refractivity contribution in [3.05, 3.63) is 106 Å². The van der Waals surface area contributed by atoms with Crippen molar-refractivity contribution in [3.8, 4) is 11.3 Å². The Kier molecular flexibility index (Phi) is 4.44. The summed E-state index contributed by atoms with van der Waals surface area (Å²) < 4.78 is 0. The van der Waals surface area contributed by atoms with Gasteiger partial charge in [0.15, 0.2) is 0 Å². The minimum atomic E-state index is -0.274. The molecule has 0 spiro atoms. The number of H-pyrrole nitrogens is 1. The summed E-state index contributed by atoms with van der Waals surface area (Å²) in [5, 5.41) is 8.17. The fraction of sp³-hybridized carbons (Fsp3) is 0.120. The second-order valence-electron chi connectivity index (χ2n) is 7.69. The van der Waals surface area contributed by atoms with E-state index in [4.69, 9.17) is 11.6 Å². The summed E-state index contributed by atoms with van der Waals surface area (Å²) in [5.41, 5.74) is 7.43. The lowest BCUT2D eigenvalue weighted by Crippen LogP contribution is -2.29. The first-order chi connectivity index (χ1) is 14.5. The van der Waals surface area contributed by atoms with Gasteiger partial charge in [0.2, 0.25) is 0 Å². The summed E-state index contributed by atoms with van der Waals surface area (Å²) >= 11 is 6.09. The van der Waals surface area contributed by atoms with Gasteiger partial charge in [0.05, 0.1) is 11.7 Å². The molecule has 4 nitrogen and oxygen atoms in total. The van der Waals surface area contributed by atoms with E-state index in [0.29, 0.717) is 10.7 Å². The number of nitrogens with zero attached hydrogens (tertiary/aromatic N) is 2. The Labute approximate surface area is 180 Å². The van der Waals surface area contributed by atoms with Gasteiger partial charge in [-0.25, -0.2) is 0 Å². The van der Waals surface area contributed by atoms with E-state index >= 15 is 0 Å². The van der Waals surface area contributed by atoms with Crippen LogP contribution in [-0.2, 0) is 0 Å². The number of rotatable bonds is 3. The smallest absolute Gasteiger partial charge is 0.277 e. The first-order valence-electron chi connectivity index (χ1n) is 9.84. The van der Waals surface area contributed by atoms with E-state index in [1.165, 1.54) is 11.1 Å². The number of amides is 1. The average molecular weight is 414 g/mol. The number of anilines is 1. The largest absolute Gasteiger partial charge is 0.295 e. The standard InChI is InChI=1S/C25H20ClN3O/c1-15-3-7-17(8-4-15)22-21-23(28-27-22)25(30)29(20-13-11-19(26)12-14-20)24(21)18-9-5-16(2)6-10-18/h3-14,24H,1-2H3,(H,27,28)/t24-/m0/s1. The summed E-state index contributed by atoms with van der Waals surface area (Å²) in [6, 6.07) is 23.6. The fourth-order valence-electron chi connectivity index (χ4n) is 4.01. The van der Waals surface area contributed by atoms with Gasteiger partial charge in [-0.15, -0.1) is 0 Å². The molecule has 0 fully saturated rings. The molecule has 3 aromatic carbocycles. The number of aryl methyl sites for hydroxylation is 2. The fourth-order valence-corrected chi connectivity index (χ4v) is 4.14. The lowest BCUT2D eigenvalue weighted by atomic mass is 9.95. The maximum atomic E-state index is 13.5. The molecule has 30 heavy (non-hydrogen) atoms. The number of carbonyl (C=O) groups excluding carboxylic acids is 1.